The number of amides is 2. The van der Waals surface area contributed by atoms with Gasteiger partial charge in [0.05, 0.1) is 5.92 Å². The molecule has 5 aromatic rings. The highest BCUT2D eigenvalue weighted by atomic mass is 16.2. The fraction of sp³-hybridized carbons (Fsp3) is 0.286. The zero-order valence-corrected chi connectivity index (χ0v) is 20.3. The number of hydrogen-bond acceptors (Lipinski definition) is 4. The minimum Gasteiger partial charge on any atom is -0.361 e. The van der Waals surface area contributed by atoms with Crippen LogP contribution in [-0.4, -0.2) is 61.5 Å². The van der Waals surface area contributed by atoms with Crippen molar-refractivity contribution in [2.24, 2.45) is 5.92 Å². The lowest BCUT2D eigenvalue weighted by Gasteiger charge is -2.42. The highest BCUT2D eigenvalue weighted by Gasteiger charge is 2.44. The van der Waals surface area contributed by atoms with Crippen molar-refractivity contribution in [1.29, 1.82) is 0 Å². The molecule has 2 saturated heterocycles. The Kier molecular flexibility index (Phi) is 4.92. The van der Waals surface area contributed by atoms with E-state index in [1.165, 1.54) is 33.1 Å². The maximum absolute atomic E-state index is 13.6. The highest BCUT2D eigenvalue weighted by Crippen LogP contribution is 2.47. The first-order valence-corrected chi connectivity index (χ1v) is 12.7. The van der Waals surface area contributed by atoms with Crippen LogP contribution < -0.4 is 4.90 Å². The largest absolute Gasteiger partial charge is 0.361 e. The fourth-order valence-electron chi connectivity index (χ4n) is 6.39. The number of rotatable bonds is 4. The first kappa shape index (κ1) is 21.8. The van der Waals surface area contributed by atoms with Crippen LogP contribution in [0.3, 0.4) is 0 Å². The Morgan fingerprint density at radius 2 is 1.54 bits per heavy atom. The second kappa shape index (κ2) is 8.33. The van der Waals surface area contributed by atoms with E-state index in [4.69, 9.17) is 0 Å². The third-order valence-corrected chi connectivity index (χ3v) is 8.27. The summed E-state index contributed by atoms with van der Waals surface area (Å²) in [5.41, 5.74) is 4.53. The van der Waals surface area contributed by atoms with Crippen LogP contribution >= 0.6 is 0 Å². The summed E-state index contributed by atoms with van der Waals surface area (Å²) in [5, 5.41) is 9.01. The Morgan fingerprint density at radius 1 is 0.919 bits per heavy atom. The first-order chi connectivity index (χ1) is 18.1. The van der Waals surface area contributed by atoms with Crippen LogP contribution in [0.4, 0.5) is 5.95 Å². The number of hydrogen-bond donors (Lipinski definition) is 3. The number of anilines is 1. The summed E-state index contributed by atoms with van der Waals surface area (Å²) in [6, 6.07) is 16.8. The summed E-state index contributed by atoms with van der Waals surface area (Å²) in [4.78, 5) is 40.7. The molecule has 1 atom stereocenters. The van der Waals surface area contributed by atoms with Crippen LogP contribution in [0.2, 0.25) is 0 Å². The second-order valence-electron chi connectivity index (χ2n) is 10.1. The third kappa shape index (κ3) is 3.37. The van der Waals surface area contributed by atoms with Crippen LogP contribution in [0.1, 0.15) is 30.4 Å². The number of aromatic nitrogens is 5. The number of H-pyrrole nitrogens is 3. The molecule has 0 saturated carbocycles. The molecule has 5 heterocycles. The Morgan fingerprint density at radius 3 is 2.14 bits per heavy atom. The van der Waals surface area contributed by atoms with Crippen molar-refractivity contribution in [3.05, 3.63) is 78.4 Å². The zero-order valence-electron chi connectivity index (χ0n) is 20.3. The topological polar surface area (TPSA) is 114 Å². The molecule has 2 amide bonds. The number of nitrogens with zero attached hydrogens (tertiary/aromatic N) is 4. The highest BCUT2D eigenvalue weighted by molar-refractivity contribution is 5.99. The van der Waals surface area contributed by atoms with Crippen molar-refractivity contribution in [3.8, 4) is 0 Å². The van der Waals surface area contributed by atoms with Gasteiger partial charge in [-0.2, -0.15) is 10.1 Å². The molecule has 9 nitrogen and oxygen atoms in total. The molecule has 37 heavy (non-hydrogen) atoms. The van der Waals surface area contributed by atoms with E-state index in [2.05, 4.69) is 73.9 Å². The SMILES string of the molecule is O=C([C@@H]1CC(=O)N(c2ncn[nH]2)C1)N1CCC(c2c[nH]c3ccccc23)(c2c[nH]c3ccccc23)CC1. The van der Waals surface area contributed by atoms with E-state index in [0.29, 0.717) is 25.6 Å². The van der Waals surface area contributed by atoms with Gasteiger partial charge in [-0.3, -0.25) is 14.5 Å². The van der Waals surface area contributed by atoms with Gasteiger partial charge in [0.25, 0.3) is 0 Å². The lowest BCUT2D eigenvalue weighted by atomic mass is 9.67. The van der Waals surface area contributed by atoms with Gasteiger partial charge in [-0.1, -0.05) is 36.4 Å². The van der Waals surface area contributed by atoms with Crippen LogP contribution in [0.15, 0.2) is 67.3 Å². The lowest BCUT2D eigenvalue weighted by molar-refractivity contribution is -0.137. The molecule has 0 spiro atoms. The summed E-state index contributed by atoms with van der Waals surface area (Å²) >= 11 is 0. The predicted molar refractivity (Wildman–Crippen MR) is 140 cm³/mol. The van der Waals surface area contributed by atoms with Gasteiger partial charge in [0.2, 0.25) is 17.8 Å². The normalized spacial score (nSPS) is 19.8. The molecule has 3 N–H and O–H groups in total. The molecule has 2 aliphatic rings. The molecule has 0 radical (unpaired) electrons. The number of nitrogens with one attached hydrogen (secondary N) is 3. The number of aromatic amines is 3. The molecule has 186 valence electrons. The number of likely N-dealkylation sites (tertiary alicyclic amines) is 1. The van der Waals surface area contributed by atoms with E-state index in [9.17, 15) is 9.59 Å². The van der Waals surface area contributed by atoms with Crippen molar-refractivity contribution in [1.82, 2.24) is 30.0 Å². The van der Waals surface area contributed by atoms with Gasteiger partial charge in [0.15, 0.2) is 0 Å². The summed E-state index contributed by atoms with van der Waals surface area (Å²) in [7, 11) is 0. The fourth-order valence-corrected chi connectivity index (χ4v) is 6.39. The molecule has 0 bridgehead atoms. The van der Waals surface area contributed by atoms with Crippen molar-refractivity contribution >= 4 is 39.6 Å². The molecular formula is C28H27N7O2. The Balaban J connectivity index is 1.20. The van der Waals surface area contributed by atoms with Gasteiger partial charge in [-0.05, 0) is 36.1 Å². The Bertz CT molecular complexity index is 1530. The molecular weight excluding hydrogens is 466 g/mol. The molecule has 9 heteroatoms. The Labute approximate surface area is 212 Å². The maximum atomic E-state index is 13.6. The summed E-state index contributed by atoms with van der Waals surface area (Å²) in [6.07, 6.45) is 7.47. The Hall–Kier alpha value is -4.40. The molecule has 2 aliphatic heterocycles. The van der Waals surface area contributed by atoms with Crippen LogP contribution in [0.5, 0.6) is 0 Å². The molecule has 0 aliphatic carbocycles. The number of carbonyl (C=O) groups is 2. The van der Waals surface area contributed by atoms with E-state index in [0.717, 1.165) is 23.9 Å². The van der Waals surface area contributed by atoms with Gasteiger partial charge in [-0.15, -0.1) is 0 Å². The summed E-state index contributed by atoms with van der Waals surface area (Å²) < 4.78 is 0. The number of piperidine rings is 1. The van der Waals surface area contributed by atoms with Gasteiger partial charge in [-0.25, -0.2) is 5.10 Å². The van der Waals surface area contributed by atoms with Crippen molar-refractivity contribution < 1.29 is 9.59 Å². The van der Waals surface area contributed by atoms with Gasteiger partial charge >= 0.3 is 0 Å². The van der Waals surface area contributed by atoms with Gasteiger partial charge in [0, 0.05) is 65.7 Å². The average Bonchev–Trinajstić information content (AvgIpc) is 3.74. The second-order valence-corrected chi connectivity index (χ2v) is 10.1. The van der Waals surface area contributed by atoms with Gasteiger partial charge < -0.3 is 14.9 Å². The van der Waals surface area contributed by atoms with E-state index < -0.39 is 0 Å². The third-order valence-electron chi connectivity index (χ3n) is 8.27. The minimum absolute atomic E-state index is 0.0434. The minimum atomic E-state index is -0.369. The molecule has 3 aromatic heterocycles. The van der Waals surface area contributed by atoms with Crippen molar-refractivity contribution in [2.45, 2.75) is 24.7 Å². The summed E-state index contributed by atoms with van der Waals surface area (Å²) in [6.45, 7) is 1.59. The van der Waals surface area contributed by atoms with Crippen LogP contribution in [0.25, 0.3) is 21.8 Å². The predicted octanol–water partition coefficient (Wildman–Crippen LogP) is 3.73. The smallest absolute Gasteiger partial charge is 0.230 e. The number of para-hydroxylation sites is 2. The number of benzene rings is 2. The summed E-state index contributed by atoms with van der Waals surface area (Å²) in [5.74, 6) is -0.0243. The standard InChI is InChI=1S/C28H27N7O2/c36-25-13-18(16-35(25)27-31-17-32-33-27)26(37)34-11-9-28(10-12-34,21-14-29-23-7-3-1-5-19(21)23)22-15-30-24-8-4-2-6-20(22)24/h1-8,14-15,17-18,29-30H,9-13,16H2,(H,31,32,33)/t18-/m1/s1. The van der Waals surface area contributed by atoms with E-state index >= 15 is 0 Å². The maximum Gasteiger partial charge on any atom is 0.230 e. The van der Waals surface area contributed by atoms with Gasteiger partial charge in [0.1, 0.15) is 6.33 Å². The quantitative estimate of drug-likeness (QED) is 0.354. The van der Waals surface area contributed by atoms with E-state index in [1.807, 2.05) is 17.0 Å². The average molecular weight is 494 g/mol. The molecule has 0 unspecified atom stereocenters. The molecule has 2 aromatic carbocycles. The van der Waals surface area contributed by atoms with Crippen LogP contribution in [-0.2, 0) is 15.0 Å². The van der Waals surface area contributed by atoms with Crippen molar-refractivity contribution in [3.63, 3.8) is 0 Å². The van der Waals surface area contributed by atoms with E-state index in [-0.39, 0.29) is 29.6 Å². The number of fused-ring (bicyclic) bond motifs is 2. The zero-order chi connectivity index (χ0) is 25.0. The van der Waals surface area contributed by atoms with E-state index in [1.54, 1.807) is 0 Å². The first-order valence-electron chi connectivity index (χ1n) is 12.7. The molecule has 7 rings (SSSR count). The van der Waals surface area contributed by atoms with Crippen molar-refractivity contribution in [2.75, 3.05) is 24.5 Å². The monoisotopic (exact) mass is 493 g/mol. The number of carbonyl (C=O) groups excluding carboxylic acids is 2. The molecule has 2 fully saturated rings. The van der Waals surface area contributed by atoms with Crippen LogP contribution in [0, 0.1) is 5.92 Å². The lowest BCUT2D eigenvalue weighted by Crippen LogP contribution is -2.47.